The first-order valence-electron chi connectivity index (χ1n) is 7.89. The number of benzene rings is 1. The fourth-order valence-electron chi connectivity index (χ4n) is 3.47. The second kappa shape index (κ2) is 4.47. The predicted molar refractivity (Wildman–Crippen MR) is 77.8 cm³/mol. The van der Waals surface area contributed by atoms with E-state index in [-0.39, 0.29) is 0 Å². The Hall–Kier alpha value is -1.06. The molecule has 1 aromatic carbocycles. The van der Waals surface area contributed by atoms with Gasteiger partial charge in [-0.1, -0.05) is 12.1 Å². The van der Waals surface area contributed by atoms with Gasteiger partial charge in [-0.25, -0.2) is 0 Å². The molecule has 0 bridgehead atoms. The minimum Gasteiger partial charge on any atom is -0.490 e. The maximum atomic E-state index is 11.1. The van der Waals surface area contributed by atoms with Crippen molar-refractivity contribution in [1.29, 1.82) is 0 Å². The van der Waals surface area contributed by atoms with Crippen molar-refractivity contribution in [1.82, 2.24) is 4.90 Å². The van der Waals surface area contributed by atoms with Crippen LogP contribution >= 0.6 is 0 Å². The SMILES string of the molecule is CC1CC(O)(c2cccc(OC3CC3)c2)CN1C1CC1. The van der Waals surface area contributed by atoms with Crippen LogP contribution in [0.15, 0.2) is 24.3 Å². The maximum Gasteiger partial charge on any atom is 0.120 e. The van der Waals surface area contributed by atoms with Crippen molar-refractivity contribution in [3.05, 3.63) is 29.8 Å². The fraction of sp³-hybridized carbons (Fsp3) is 0.647. The van der Waals surface area contributed by atoms with E-state index in [1.54, 1.807) is 0 Å². The quantitative estimate of drug-likeness (QED) is 0.915. The van der Waals surface area contributed by atoms with Gasteiger partial charge in [0.15, 0.2) is 0 Å². The van der Waals surface area contributed by atoms with Gasteiger partial charge < -0.3 is 9.84 Å². The third-order valence-electron chi connectivity index (χ3n) is 4.86. The first-order chi connectivity index (χ1) is 9.64. The first-order valence-corrected chi connectivity index (χ1v) is 7.89. The summed E-state index contributed by atoms with van der Waals surface area (Å²) in [6.45, 7) is 3.01. The van der Waals surface area contributed by atoms with Crippen molar-refractivity contribution in [2.45, 2.75) is 62.8 Å². The normalized spacial score (nSPS) is 34.4. The number of ether oxygens (including phenoxy) is 1. The lowest BCUT2D eigenvalue weighted by atomic mass is 9.91. The highest BCUT2D eigenvalue weighted by molar-refractivity contribution is 5.34. The minimum atomic E-state index is -0.703. The van der Waals surface area contributed by atoms with Crippen LogP contribution in [0.5, 0.6) is 5.75 Å². The largest absolute Gasteiger partial charge is 0.490 e. The third kappa shape index (κ3) is 2.33. The molecule has 1 saturated heterocycles. The van der Waals surface area contributed by atoms with Gasteiger partial charge in [0.05, 0.1) is 6.10 Å². The Bertz CT molecular complexity index is 509. The smallest absolute Gasteiger partial charge is 0.120 e. The Morgan fingerprint density at radius 2 is 2.05 bits per heavy atom. The molecule has 1 N–H and O–H groups in total. The molecule has 4 rings (SSSR count). The Morgan fingerprint density at radius 3 is 2.75 bits per heavy atom. The lowest BCUT2D eigenvalue weighted by Gasteiger charge is -2.24. The summed E-state index contributed by atoms with van der Waals surface area (Å²) in [7, 11) is 0. The highest BCUT2D eigenvalue weighted by Crippen LogP contribution is 2.42. The van der Waals surface area contributed by atoms with Gasteiger partial charge in [-0.05, 0) is 56.7 Å². The zero-order chi connectivity index (χ0) is 13.7. The molecule has 2 atom stereocenters. The van der Waals surface area contributed by atoms with Gasteiger partial charge in [0.2, 0.25) is 0 Å². The minimum absolute atomic E-state index is 0.408. The molecule has 1 aromatic rings. The van der Waals surface area contributed by atoms with Crippen molar-refractivity contribution >= 4 is 0 Å². The summed E-state index contributed by atoms with van der Waals surface area (Å²) in [6, 6.07) is 9.28. The predicted octanol–water partition coefficient (Wildman–Crippen LogP) is 2.67. The van der Waals surface area contributed by atoms with Gasteiger partial charge in [-0.15, -0.1) is 0 Å². The molecular weight excluding hydrogens is 250 g/mol. The molecule has 0 aromatic heterocycles. The van der Waals surface area contributed by atoms with E-state index in [0.717, 1.165) is 24.3 Å². The van der Waals surface area contributed by atoms with E-state index in [4.69, 9.17) is 4.74 Å². The number of hydrogen-bond donors (Lipinski definition) is 1. The van der Waals surface area contributed by atoms with Crippen LogP contribution in [0, 0.1) is 0 Å². The number of β-amino-alcohol motifs (C(OH)–C–C–N with tert-alkyl or cyclic N) is 1. The van der Waals surface area contributed by atoms with Crippen molar-refractivity contribution in [2.75, 3.05) is 6.54 Å². The molecule has 2 aliphatic carbocycles. The average Bonchev–Trinajstić information content (AvgIpc) is 3.31. The molecule has 3 heteroatoms. The zero-order valence-electron chi connectivity index (χ0n) is 12.1. The third-order valence-corrected chi connectivity index (χ3v) is 4.86. The monoisotopic (exact) mass is 273 g/mol. The fourth-order valence-corrected chi connectivity index (χ4v) is 3.47. The number of nitrogens with zero attached hydrogens (tertiary/aromatic N) is 1. The molecule has 3 nitrogen and oxygen atoms in total. The van der Waals surface area contributed by atoms with Gasteiger partial charge in [-0.3, -0.25) is 4.90 Å². The standard InChI is InChI=1S/C17H23NO2/c1-12-10-17(19,11-18(12)14-5-6-14)13-3-2-4-16(9-13)20-15-7-8-15/h2-4,9,12,14-15,19H,5-8,10-11H2,1H3. The number of likely N-dealkylation sites (tertiary alicyclic amines) is 1. The summed E-state index contributed by atoms with van der Waals surface area (Å²) in [6.07, 6.45) is 6.17. The molecule has 3 fully saturated rings. The summed E-state index contributed by atoms with van der Waals surface area (Å²) < 4.78 is 5.86. The zero-order valence-corrected chi connectivity index (χ0v) is 12.1. The average molecular weight is 273 g/mol. The van der Waals surface area contributed by atoms with Gasteiger partial charge in [0, 0.05) is 18.6 Å². The van der Waals surface area contributed by atoms with Gasteiger partial charge in [0.25, 0.3) is 0 Å². The van der Waals surface area contributed by atoms with Gasteiger partial charge >= 0.3 is 0 Å². The van der Waals surface area contributed by atoms with Gasteiger partial charge in [-0.2, -0.15) is 0 Å². The summed E-state index contributed by atoms with van der Waals surface area (Å²) >= 11 is 0. The molecule has 1 aliphatic heterocycles. The molecule has 0 radical (unpaired) electrons. The molecule has 0 spiro atoms. The molecule has 20 heavy (non-hydrogen) atoms. The first kappa shape index (κ1) is 12.7. The number of hydrogen-bond acceptors (Lipinski definition) is 3. The van der Waals surface area contributed by atoms with Crippen LogP contribution < -0.4 is 4.74 Å². The number of rotatable bonds is 4. The van der Waals surface area contributed by atoms with Crippen LogP contribution in [0.2, 0.25) is 0 Å². The van der Waals surface area contributed by atoms with E-state index < -0.39 is 5.60 Å². The topological polar surface area (TPSA) is 32.7 Å². The summed E-state index contributed by atoms with van der Waals surface area (Å²) in [4.78, 5) is 2.48. The molecule has 2 saturated carbocycles. The van der Waals surface area contributed by atoms with Crippen LogP contribution in [0.25, 0.3) is 0 Å². The van der Waals surface area contributed by atoms with Crippen molar-refractivity contribution in [3.8, 4) is 5.75 Å². The molecule has 0 amide bonds. The van der Waals surface area contributed by atoms with Crippen molar-refractivity contribution in [2.24, 2.45) is 0 Å². The van der Waals surface area contributed by atoms with E-state index in [0.29, 0.717) is 18.2 Å². The van der Waals surface area contributed by atoms with E-state index in [1.165, 1.54) is 25.7 Å². The van der Waals surface area contributed by atoms with Crippen molar-refractivity contribution < 1.29 is 9.84 Å². The molecule has 1 heterocycles. The Kier molecular flexibility index (Phi) is 2.83. The molecular formula is C17H23NO2. The highest BCUT2D eigenvalue weighted by atomic mass is 16.5. The lowest BCUT2D eigenvalue weighted by molar-refractivity contribution is 0.0448. The van der Waals surface area contributed by atoms with Crippen LogP contribution in [-0.4, -0.2) is 34.7 Å². The van der Waals surface area contributed by atoms with E-state index in [2.05, 4.69) is 11.8 Å². The maximum absolute atomic E-state index is 11.1. The van der Waals surface area contributed by atoms with Crippen LogP contribution in [0.1, 0.15) is 44.6 Å². The molecule has 3 aliphatic rings. The summed E-state index contributed by atoms with van der Waals surface area (Å²) in [5, 5.41) is 11.1. The van der Waals surface area contributed by atoms with Crippen LogP contribution in [0.3, 0.4) is 0 Å². The Balaban J connectivity index is 1.56. The summed E-state index contributed by atoms with van der Waals surface area (Å²) in [5.74, 6) is 0.913. The lowest BCUT2D eigenvalue weighted by Crippen LogP contribution is -2.33. The van der Waals surface area contributed by atoms with Gasteiger partial charge in [0.1, 0.15) is 11.4 Å². The van der Waals surface area contributed by atoms with Crippen LogP contribution in [-0.2, 0) is 5.60 Å². The van der Waals surface area contributed by atoms with E-state index in [1.807, 2.05) is 24.3 Å². The number of aliphatic hydroxyl groups is 1. The van der Waals surface area contributed by atoms with Crippen molar-refractivity contribution in [3.63, 3.8) is 0 Å². The second-order valence-electron chi connectivity index (χ2n) is 6.83. The Labute approximate surface area is 120 Å². The van der Waals surface area contributed by atoms with Crippen LogP contribution in [0.4, 0.5) is 0 Å². The highest BCUT2D eigenvalue weighted by Gasteiger charge is 2.47. The van der Waals surface area contributed by atoms with E-state index >= 15 is 0 Å². The van der Waals surface area contributed by atoms with E-state index in [9.17, 15) is 5.11 Å². The summed E-state index contributed by atoms with van der Waals surface area (Å²) in [5.41, 5.74) is 0.316. The Morgan fingerprint density at radius 1 is 1.25 bits per heavy atom. The molecule has 2 unspecified atom stereocenters. The molecule has 108 valence electrons. The second-order valence-corrected chi connectivity index (χ2v) is 6.83.